The highest BCUT2D eigenvalue weighted by molar-refractivity contribution is 7.09. The van der Waals surface area contributed by atoms with E-state index in [9.17, 15) is 8.78 Å². The molecule has 118 valence electrons. The van der Waals surface area contributed by atoms with Crippen LogP contribution >= 0.6 is 11.3 Å². The average Bonchev–Trinajstić information content (AvgIpc) is 2.92. The van der Waals surface area contributed by atoms with Gasteiger partial charge in [-0.2, -0.15) is 0 Å². The number of thiazole rings is 1. The van der Waals surface area contributed by atoms with Crippen molar-refractivity contribution in [1.82, 2.24) is 9.88 Å². The molecule has 0 unspecified atom stereocenters. The molecule has 0 radical (unpaired) electrons. The number of rotatable bonds is 3. The van der Waals surface area contributed by atoms with Crippen molar-refractivity contribution in [2.45, 2.75) is 31.3 Å². The summed E-state index contributed by atoms with van der Waals surface area (Å²) in [6.07, 6.45) is 3.37. The van der Waals surface area contributed by atoms with Crippen molar-refractivity contribution in [3.63, 3.8) is 0 Å². The predicted octanol–water partition coefficient (Wildman–Crippen LogP) is 3.13. The van der Waals surface area contributed by atoms with Crippen LogP contribution in [0.15, 0.2) is 29.8 Å². The Balaban J connectivity index is 1.80. The van der Waals surface area contributed by atoms with E-state index in [1.807, 2.05) is 5.38 Å². The fourth-order valence-electron chi connectivity index (χ4n) is 3.06. The summed E-state index contributed by atoms with van der Waals surface area (Å²) in [7, 11) is 0. The predicted molar refractivity (Wildman–Crippen MR) is 83.7 cm³/mol. The molecule has 0 amide bonds. The normalized spacial score (nSPS) is 23.4. The second kappa shape index (κ2) is 6.81. The summed E-state index contributed by atoms with van der Waals surface area (Å²) in [5, 5.41) is 2.96. The van der Waals surface area contributed by atoms with E-state index in [1.165, 1.54) is 0 Å². The summed E-state index contributed by atoms with van der Waals surface area (Å²) in [4.78, 5) is 6.50. The van der Waals surface area contributed by atoms with Gasteiger partial charge in [0.25, 0.3) is 0 Å². The minimum Gasteiger partial charge on any atom is -0.327 e. The zero-order valence-corrected chi connectivity index (χ0v) is 13.0. The van der Waals surface area contributed by atoms with E-state index in [2.05, 4.69) is 9.88 Å². The first kappa shape index (κ1) is 15.5. The zero-order chi connectivity index (χ0) is 15.5. The molecule has 3 nitrogen and oxygen atoms in total. The highest BCUT2D eigenvalue weighted by Gasteiger charge is 2.26. The number of hydrogen-bond acceptors (Lipinski definition) is 4. The van der Waals surface area contributed by atoms with Crippen molar-refractivity contribution < 1.29 is 8.78 Å². The maximum atomic E-state index is 14.1. The van der Waals surface area contributed by atoms with Gasteiger partial charge in [-0.1, -0.05) is 12.1 Å². The Kier molecular flexibility index (Phi) is 4.81. The fraction of sp³-hybridized carbons (Fsp3) is 0.438. The standard InChI is InChI=1S/C16H19F2N3S/c17-14-3-1-2-13(16(14)18)11-4-5-12(19)9-21(8-11)10-15-20-6-7-22-15/h1-3,6-7,11-12H,4-5,8-10,19H2/t11-,12-/m1/s1. The number of likely N-dealkylation sites (tertiary alicyclic amines) is 1. The lowest BCUT2D eigenvalue weighted by molar-refractivity contribution is 0.252. The van der Waals surface area contributed by atoms with Gasteiger partial charge in [-0.25, -0.2) is 13.8 Å². The molecule has 3 rings (SSSR count). The molecule has 0 saturated carbocycles. The molecule has 0 aliphatic carbocycles. The van der Waals surface area contributed by atoms with Crippen LogP contribution in [0.3, 0.4) is 0 Å². The van der Waals surface area contributed by atoms with Crippen molar-refractivity contribution in [2.75, 3.05) is 13.1 Å². The maximum absolute atomic E-state index is 14.1. The summed E-state index contributed by atoms with van der Waals surface area (Å²) in [6.45, 7) is 2.14. The van der Waals surface area contributed by atoms with Gasteiger partial charge in [-0.3, -0.25) is 4.90 Å². The van der Waals surface area contributed by atoms with E-state index in [1.54, 1.807) is 29.7 Å². The number of aromatic nitrogens is 1. The van der Waals surface area contributed by atoms with Crippen LogP contribution in [-0.2, 0) is 6.54 Å². The number of hydrogen-bond donors (Lipinski definition) is 1. The molecule has 2 aromatic rings. The largest absolute Gasteiger partial charge is 0.327 e. The molecule has 2 N–H and O–H groups in total. The minimum atomic E-state index is -0.780. The third kappa shape index (κ3) is 3.51. The molecule has 2 atom stereocenters. The molecule has 1 aromatic heterocycles. The first-order valence-electron chi connectivity index (χ1n) is 7.43. The van der Waals surface area contributed by atoms with Crippen LogP contribution in [0.2, 0.25) is 0 Å². The van der Waals surface area contributed by atoms with Gasteiger partial charge in [0.05, 0.1) is 6.54 Å². The van der Waals surface area contributed by atoms with Crippen molar-refractivity contribution in [3.8, 4) is 0 Å². The van der Waals surface area contributed by atoms with Crippen LogP contribution in [0.25, 0.3) is 0 Å². The lowest BCUT2D eigenvalue weighted by Crippen LogP contribution is -2.36. The zero-order valence-electron chi connectivity index (χ0n) is 12.2. The summed E-state index contributed by atoms with van der Waals surface area (Å²) in [5.74, 6) is -1.54. The van der Waals surface area contributed by atoms with Gasteiger partial charge in [0, 0.05) is 30.7 Å². The molecule has 1 saturated heterocycles. The third-order valence-corrected chi connectivity index (χ3v) is 4.89. The smallest absolute Gasteiger partial charge is 0.162 e. The lowest BCUT2D eigenvalue weighted by atomic mass is 9.93. The van der Waals surface area contributed by atoms with E-state index >= 15 is 0 Å². The molecule has 1 aliphatic heterocycles. The maximum Gasteiger partial charge on any atom is 0.162 e. The lowest BCUT2D eigenvalue weighted by Gasteiger charge is -2.24. The quantitative estimate of drug-likeness (QED) is 0.943. The summed E-state index contributed by atoms with van der Waals surface area (Å²) < 4.78 is 27.6. The van der Waals surface area contributed by atoms with Crippen LogP contribution < -0.4 is 5.73 Å². The third-order valence-electron chi connectivity index (χ3n) is 4.12. The first-order valence-corrected chi connectivity index (χ1v) is 8.31. The van der Waals surface area contributed by atoms with Gasteiger partial charge in [0.15, 0.2) is 11.6 Å². The minimum absolute atomic E-state index is 0.0378. The van der Waals surface area contributed by atoms with Crippen molar-refractivity contribution >= 4 is 11.3 Å². The highest BCUT2D eigenvalue weighted by atomic mass is 32.1. The Morgan fingerprint density at radius 3 is 2.91 bits per heavy atom. The van der Waals surface area contributed by atoms with E-state index < -0.39 is 11.6 Å². The molecule has 1 aromatic carbocycles. The Morgan fingerprint density at radius 1 is 1.27 bits per heavy atom. The second-order valence-electron chi connectivity index (χ2n) is 5.80. The first-order chi connectivity index (χ1) is 10.6. The Morgan fingerprint density at radius 2 is 2.14 bits per heavy atom. The summed E-state index contributed by atoms with van der Waals surface area (Å²) >= 11 is 1.60. The second-order valence-corrected chi connectivity index (χ2v) is 6.78. The summed E-state index contributed by atoms with van der Waals surface area (Å²) in [5.41, 5.74) is 6.59. The van der Waals surface area contributed by atoms with Gasteiger partial charge in [-0.15, -0.1) is 11.3 Å². The van der Waals surface area contributed by atoms with Crippen LogP contribution in [0.1, 0.15) is 29.3 Å². The van der Waals surface area contributed by atoms with Crippen LogP contribution in [0.4, 0.5) is 8.78 Å². The average molecular weight is 323 g/mol. The molecule has 6 heteroatoms. The molecule has 22 heavy (non-hydrogen) atoms. The Hall–Kier alpha value is -1.37. The monoisotopic (exact) mass is 323 g/mol. The van der Waals surface area contributed by atoms with E-state index in [0.29, 0.717) is 18.7 Å². The van der Waals surface area contributed by atoms with E-state index in [4.69, 9.17) is 5.73 Å². The number of benzene rings is 1. The molecule has 0 bridgehead atoms. The SMILES string of the molecule is N[C@@H]1CC[C@@H](c2cccc(F)c2F)CN(Cc2nccs2)C1. The topological polar surface area (TPSA) is 42.1 Å². The Bertz CT molecular complexity index is 618. The number of nitrogens with two attached hydrogens (primary N) is 1. The van der Waals surface area contributed by atoms with Crippen LogP contribution in [-0.4, -0.2) is 29.0 Å². The molecule has 1 fully saturated rings. The van der Waals surface area contributed by atoms with Gasteiger partial charge in [-0.05, 0) is 30.4 Å². The molecular formula is C16H19F2N3S. The van der Waals surface area contributed by atoms with E-state index in [-0.39, 0.29) is 12.0 Å². The van der Waals surface area contributed by atoms with Crippen molar-refractivity contribution in [1.29, 1.82) is 0 Å². The van der Waals surface area contributed by atoms with Crippen LogP contribution in [0.5, 0.6) is 0 Å². The van der Waals surface area contributed by atoms with E-state index in [0.717, 1.165) is 30.5 Å². The van der Waals surface area contributed by atoms with Crippen LogP contribution in [0, 0.1) is 11.6 Å². The highest BCUT2D eigenvalue weighted by Crippen LogP contribution is 2.29. The van der Waals surface area contributed by atoms with Gasteiger partial charge in [0.2, 0.25) is 0 Å². The van der Waals surface area contributed by atoms with Crippen molar-refractivity contribution in [3.05, 3.63) is 52.0 Å². The molecule has 0 spiro atoms. The summed E-state index contributed by atoms with van der Waals surface area (Å²) in [6, 6.07) is 4.47. The molecule has 1 aliphatic rings. The molecular weight excluding hydrogens is 304 g/mol. The van der Waals surface area contributed by atoms with Gasteiger partial charge < -0.3 is 5.73 Å². The van der Waals surface area contributed by atoms with Gasteiger partial charge >= 0.3 is 0 Å². The van der Waals surface area contributed by atoms with Gasteiger partial charge in [0.1, 0.15) is 5.01 Å². The Labute approximate surface area is 132 Å². The number of nitrogens with zero attached hydrogens (tertiary/aromatic N) is 2. The fourth-order valence-corrected chi connectivity index (χ4v) is 3.71. The van der Waals surface area contributed by atoms with Crippen molar-refractivity contribution in [2.24, 2.45) is 5.73 Å². The number of halogens is 2. The molecule has 2 heterocycles.